The van der Waals surface area contributed by atoms with Gasteiger partial charge in [0.15, 0.2) is 0 Å². The number of amides is 2. The molecule has 3 heterocycles. The number of rotatable bonds is 0. The van der Waals surface area contributed by atoms with Crippen LogP contribution in [0.4, 0.5) is 0 Å². The van der Waals surface area contributed by atoms with Crippen LogP contribution in [0.25, 0.3) is 5.32 Å². The van der Waals surface area contributed by atoms with Crippen LogP contribution in [0.5, 0.6) is 0 Å². The normalized spacial score (nSPS) is 21.6. The number of thioether (sulfide) groups is 3. The topological polar surface area (TPSA) is 113 Å². The largest absolute Gasteiger partial charge is 0.621 e. The van der Waals surface area contributed by atoms with Crippen molar-refractivity contribution in [2.45, 2.75) is 85.5 Å². The Morgan fingerprint density at radius 2 is 1.10 bits per heavy atom. The first-order chi connectivity index (χ1) is 14.7. The van der Waals surface area contributed by atoms with Gasteiger partial charge in [-0.25, -0.2) is 4.99 Å². The number of carbonyl (C=O) groups is 2. The molecular formula is C24H40N3O4S3Y5-. The van der Waals surface area contributed by atoms with Gasteiger partial charge >= 0.3 is 0 Å². The Morgan fingerprint density at radius 1 is 0.692 bits per heavy atom. The Labute approximate surface area is 374 Å². The Morgan fingerprint density at radius 3 is 1.26 bits per heavy atom. The third kappa shape index (κ3) is 20.1. The van der Waals surface area contributed by atoms with Crippen molar-refractivity contribution in [1.29, 1.82) is 0 Å². The van der Waals surface area contributed by atoms with Crippen molar-refractivity contribution in [3.8, 4) is 0 Å². The molecular weight excluding hydrogens is 935 g/mol. The molecule has 2 amide bonds. The van der Waals surface area contributed by atoms with Gasteiger partial charge in [-0.3, -0.25) is 4.79 Å². The van der Waals surface area contributed by atoms with E-state index in [9.17, 15) is 14.7 Å². The van der Waals surface area contributed by atoms with E-state index in [1.54, 1.807) is 0 Å². The molecule has 0 saturated carbocycles. The van der Waals surface area contributed by atoms with E-state index in [1.165, 1.54) is 23.5 Å². The minimum atomic E-state index is -0.222. The molecule has 15 heteroatoms. The van der Waals surface area contributed by atoms with Gasteiger partial charge in [-0.05, 0) is 16.2 Å². The molecule has 2 N–H and O–H groups in total. The number of hydrogen-bond donors (Lipinski definition) is 2. The van der Waals surface area contributed by atoms with Crippen molar-refractivity contribution in [3.63, 3.8) is 0 Å². The smallest absolute Gasteiger partial charge is 0.263 e. The summed E-state index contributed by atoms with van der Waals surface area (Å²) >= 11 is 4.14. The zero-order valence-electron chi connectivity index (χ0n) is 23.8. The molecule has 3 rings (SSSR count). The molecule has 39 heavy (non-hydrogen) atoms. The Hall–Kier alpha value is 4.13. The van der Waals surface area contributed by atoms with E-state index in [0.717, 1.165) is 11.8 Å². The molecule has 0 aromatic heterocycles. The first-order valence-corrected chi connectivity index (χ1v) is 13.1. The Balaban J connectivity index is -0.0000000972. The van der Waals surface area contributed by atoms with Crippen LogP contribution in [0, 0.1) is 16.2 Å². The second kappa shape index (κ2) is 23.4. The van der Waals surface area contributed by atoms with Crippen LogP contribution in [-0.2, 0) is 173 Å². The molecule has 209 valence electrons. The quantitative estimate of drug-likeness (QED) is 0.262. The summed E-state index contributed by atoms with van der Waals surface area (Å²) in [5.74, 6) is -0.0417. The second-order valence-electron chi connectivity index (χ2n) is 11.0. The van der Waals surface area contributed by atoms with Gasteiger partial charge in [0.1, 0.15) is 5.25 Å². The molecule has 0 bridgehead atoms. The summed E-state index contributed by atoms with van der Waals surface area (Å²) in [4.78, 5) is 29.6. The first kappa shape index (κ1) is 55.5. The third-order valence-electron chi connectivity index (χ3n) is 4.45. The monoisotopic (exact) mass is 975 g/mol. The van der Waals surface area contributed by atoms with Crippen molar-refractivity contribution in [3.05, 3.63) is 28.5 Å². The second-order valence-corrected chi connectivity index (χ2v) is 14.5. The van der Waals surface area contributed by atoms with Crippen LogP contribution in [0.15, 0.2) is 33.2 Å². The number of aliphatic imine (C=N–C) groups is 2. The van der Waals surface area contributed by atoms with Gasteiger partial charge in [0.25, 0.3) is 11.1 Å². The van der Waals surface area contributed by atoms with Crippen LogP contribution in [0.3, 0.4) is 0 Å². The third-order valence-corrected chi connectivity index (χ3v) is 8.93. The number of aliphatic hydroxyl groups is 2. The van der Waals surface area contributed by atoms with E-state index in [4.69, 9.17) is 5.11 Å². The fraction of sp³-hybridized carbons (Fsp3) is 0.667. The molecule has 0 spiro atoms. The van der Waals surface area contributed by atoms with Gasteiger partial charge in [-0.1, -0.05) is 99.8 Å². The van der Waals surface area contributed by atoms with Crippen LogP contribution >= 0.6 is 35.3 Å². The van der Waals surface area contributed by atoms with Crippen LogP contribution < -0.4 is 0 Å². The summed E-state index contributed by atoms with van der Waals surface area (Å²) < 4.78 is 0. The number of aliphatic hydroxyl groups excluding tert-OH is 2. The number of nitrogens with zero attached hydrogens (tertiary/aromatic N) is 3. The van der Waals surface area contributed by atoms with Gasteiger partial charge in [-0.2, -0.15) is 4.99 Å². The van der Waals surface area contributed by atoms with E-state index in [0.29, 0.717) is 10.1 Å². The maximum absolute atomic E-state index is 11.2. The summed E-state index contributed by atoms with van der Waals surface area (Å²) in [6, 6.07) is 0. The Bertz CT molecular complexity index is 872. The van der Waals surface area contributed by atoms with Crippen LogP contribution in [0.1, 0.15) is 69.7 Å². The molecule has 3 aliphatic rings. The summed E-state index contributed by atoms with van der Waals surface area (Å²) in [6.07, 6.45) is 0. The number of hydrogen-bond acceptors (Lipinski definition) is 6. The van der Waals surface area contributed by atoms with Crippen molar-refractivity contribution in [2.75, 3.05) is 0 Å². The van der Waals surface area contributed by atoms with E-state index < -0.39 is 0 Å². The van der Waals surface area contributed by atoms with Crippen molar-refractivity contribution in [2.24, 2.45) is 26.2 Å². The van der Waals surface area contributed by atoms with Crippen molar-refractivity contribution in [1.82, 2.24) is 0 Å². The minimum absolute atomic E-state index is 0. The zero-order valence-corrected chi connectivity index (χ0v) is 40.5. The molecule has 0 aromatic rings. The molecule has 1 saturated heterocycles. The molecule has 3 aliphatic heterocycles. The summed E-state index contributed by atoms with van der Waals surface area (Å²) in [5, 5.41) is 23.1. The molecule has 5 radical (unpaired) electrons. The van der Waals surface area contributed by atoms with Crippen LogP contribution in [-0.4, -0.2) is 48.9 Å². The fourth-order valence-electron chi connectivity index (χ4n) is 2.79. The standard InChI is InChI=1S/2C8H13NOS.C7H11NO2S.CH4.5Y/c2*1-5-9-7(10)6(11-5)8(2,3)4;1-7(2,3)4-5(9)8-6(10)11-4;;;;;;/h2*6H,1H2,2-4H3,(H,9,10);4H,1-3H3,(H,8,9,10);1H4;;;;;/p-1. The maximum Gasteiger partial charge on any atom is 0.263 e. The summed E-state index contributed by atoms with van der Waals surface area (Å²) in [7, 11) is 0. The predicted molar refractivity (Wildman–Crippen MR) is 151 cm³/mol. The maximum atomic E-state index is 11.2. The van der Waals surface area contributed by atoms with Crippen molar-refractivity contribution < 1.29 is 183 Å². The Kier molecular flexibility index (Phi) is 33.4. The molecule has 7 nitrogen and oxygen atoms in total. The van der Waals surface area contributed by atoms with Gasteiger partial charge < -0.3 is 20.3 Å². The average Bonchev–Trinajstić information content (AvgIpc) is 3.23. The van der Waals surface area contributed by atoms with Gasteiger partial charge in [-0.15, -0.1) is 23.4 Å². The summed E-state index contributed by atoms with van der Waals surface area (Å²) in [5.41, 5.74) is -0.0852. The van der Waals surface area contributed by atoms with E-state index in [-0.39, 0.29) is 226 Å². The van der Waals surface area contributed by atoms with E-state index in [1.807, 2.05) is 41.5 Å². The average molecular weight is 975 g/mol. The molecule has 0 aromatic carbocycles. The number of carbonyl (C=O) groups excluding carboxylic acids is 2. The van der Waals surface area contributed by atoms with Gasteiger partial charge in [0, 0.05) is 164 Å². The van der Waals surface area contributed by atoms with E-state index >= 15 is 0 Å². The van der Waals surface area contributed by atoms with Crippen LogP contribution in [0.2, 0.25) is 0 Å². The minimum Gasteiger partial charge on any atom is -0.621 e. The van der Waals surface area contributed by atoms with Crippen molar-refractivity contribution >= 4 is 58.2 Å². The first-order valence-electron chi connectivity index (χ1n) is 10.5. The van der Waals surface area contributed by atoms with E-state index in [2.05, 4.69) is 49.2 Å². The molecule has 0 aliphatic carbocycles. The zero-order chi connectivity index (χ0) is 25.9. The predicted octanol–water partition coefficient (Wildman–Crippen LogP) is 7.31. The van der Waals surface area contributed by atoms with Gasteiger partial charge in [0.2, 0.25) is 5.90 Å². The molecule has 1 fully saturated rings. The molecule has 3 atom stereocenters. The SMILES string of the molecule is C.C=C1N=C(O)C(C(C)(C)C)S1.C=C1[N-]C(=O)C(C(C)(C)C)S1.CC(C)(C)C1SC(O)=NC1=O.[Y].[Y].[Y].[Y].[Y]. The fourth-order valence-corrected chi connectivity index (χ4v) is 5.50. The summed E-state index contributed by atoms with van der Waals surface area (Å²) in [6.45, 7) is 25.5. The van der Waals surface area contributed by atoms with Gasteiger partial charge in [0.05, 0.1) is 21.4 Å². The molecule has 3 unspecified atom stereocenters.